The van der Waals surface area contributed by atoms with E-state index in [2.05, 4.69) is 0 Å². The van der Waals surface area contributed by atoms with Crippen molar-refractivity contribution in [3.63, 3.8) is 0 Å². The zero-order valence-corrected chi connectivity index (χ0v) is 14.3. The van der Waals surface area contributed by atoms with Gasteiger partial charge in [-0.05, 0) is 43.7 Å². The summed E-state index contributed by atoms with van der Waals surface area (Å²) < 4.78 is 29.4. The molecule has 0 bridgehead atoms. The highest BCUT2D eigenvalue weighted by molar-refractivity contribution is 7.86. The lowest BCUT2D eigenvalue weighted by Gasteiger charge is -2.38. The van der Waals surface area contributed by atoms with Gasteiger partial charge in [0.1, 0.15) is 0 Å². The summed E-state index contributed by atoms with van der Waals surface area (Å²) in [5.41, 5.74) is 0.899. The van der Waals surface area contributed by atoms with Gasteiger partial charge in [-0.1, -0.05) is 24.6 Å². The van der Waals surface area contributed by atoms with E-state index in [0.717, 1.165) is 5.56 Å². The van der Waals surface area contributed by atoms with Gasteiger partial charge in [-0.2, -0.15) is 8.42 Å². The summed E-state index contributed by atoms with van der Waals surface area (Å²) in [6.07, 6.45) is 1.12. The molecule has 0 aliphatic carbocycles. The van der Waals surface area contributed by atoms with Crippen molar-refractivity contribution in [3.8, 4) is 0 Å². The molecule has 0 aromatic heterocycles. The lowest BCUT2D eigenvalue weighted by molar-refractivity contribution is 0.0852. The minimum atomic E-state index is -3.73. The van der Waals surface area contributed by atoms with E-state index < -0.39 is 16.2 Å². The molecule has 23 heavy (non-hydrogen) atoms. The first-order chi connectivity index (χ1) is 10.7. The SMILES string of the molecule is Cc1ccc(S(=O)(=O)OCCC2(C)CCN(C(=O)O)CC2)cc1. The molecule has 128 valence electrons. The molecule has 1 aliphatic heterocycles. The molecule has 6 nitrogen and oxygen atoms in total. The highest BCUT2D eigenvalue weighted by Gasteiger charge is 2.32. The lowest BCUT2D eigenvalue weighted by Crippen LogP contribution is -2.41. The largest absolute Gasteiger partial charge is 0.465 e. The van der Waals surface area contributed by atoms with Crippen molar-refractivity contribution in [3.05, 3.63) is 29.8 Å². The number of hydrogen-bond acceptors (Lipinski definition) is 4. The van der Waals surface area contributed by atoms with Gasteiger partial charge in [0.2, 0.25) is 0 Å². The molecule has 0 unspecified atom stereocenters. The molecular formula is C16H23NO5S. The molecule has 0 saturated carbocycles. The minimum absolute atomic E-state index is 0.0885. The van der Waals surface area contributed by atoms with Crippen molar-refractivity contribution in [1.29, 1.82) is 0 Å². The Hall–Kier alpha value is -1.60. The first kappa shape index (κ1) is 17.7. The van der Waals surface area contributed by atoms with Gasteiger partial charge >= 0.3 is 6.09 Å². The molecule has 1 aromatic carbocycles. The summed E-state index contributed by atoms with van der Waals surface area (Å²) >= 11 is 0. The van der Waals surface area contributed by atoms with Crippen molar-refractivity contribution < 1.29 is 22.5 Å². The van der Waals surface area contributed by atoms with E-state index >= 15 is 0 Å². The Labute approximate surface area is 137 Å². The van der Waals surface area contributed by atoms with E-state index in [0.29, 0.717) is 32.4 Å². The van der Waals surface area contributed by atoms with E-state index in [-0.39, 0.29) is 16.9 Å². The van der Waals surface area contributed by atoms with Crippen LogP contribution in [-0.2, 0) is 14.3 Å². The Morgan fingerprint density at radius 2 is 1.83 bits per heavy atom. The summed E-state index contributed by atoms with van der Waals surface area (Å²) in [7, 11) is -3.73. The summed E-state index contributed by atoms with van der Waals surface area (Å²) in [4.78, 5) is 12.5. The maximum absolute atomic E-state index is 12.1. The molecule has 1 N–H and O–H groups in total. The smallest absolute Gasteiger partial charge is 0.407 e. The molecule has 0 spiro atoms. The second kappa shape index (κ2) is 6.88. The number of carbonyl (C=O) groups is 1. The maximum atomic E-state index is 12.1. The summed E-state index contributed by atoms with van der Waals surface area (Å²) in [6.45, 7) is 5.02. The van der Waals surface area contributed by atoms with Gasteiger partial charge in [-0.15, -0.1) is 0 Å². The van der Waals surface area contributed by atoms with Gasteiger partial charge < -0.3 is 10.0 Å². The van der Waals surface area contributed by atoms with E-state index in [1.807, 2.05) is 13.8 Å². The zero-order valence-electron chi connectivity index (χ0n) is 13.5. The number of hydrogen-bond donors (Lipinski definition) is 1. The van der Waals surface area contributed by atoms with Crippen molar-refractivity contribution in [2.75, 3.05) is 19.7 Å². The molecular weight excluding hydrogens is 318 g/mol. The number of piperidine rings is 1. The summed E-state index contributed by atoms with van der Waals surface area (Å²) in [5.74, 6) is 0. The Bertz CT molecular complexity index is 646. The van der Waals surface area contributed by atoms with Crippen LogP contribution in [0.5, 0.6) is 0 Å². The highest BCUT2D eigenvalue weighted by atomic mass is 32.2. The molecule has 0 atom stereocenters. The van der Waals surface area contributed by atoms with Gasteiger partial charge in [0.15, 0.2) is 0 Å². The van der Waals surface area contributed by atoms with Crippen LogP contribution in [-0.4, -0.2) is 44.2 Å². The van der Waals surface area contributed by atoms with Crippen LogP contribution in [0, 0.1) is 12.3 Å². The van der Waals surface area contributed by atoms with E-state index in [9.17, 15) is 13.2 Å². The molecule has 2 rings (SSSR count). The third-order valence-corrected chi connectivity index (χ3v) is 5.82. The Morgan fingerprint density at radius 1 is 1.26 bits per heavy atom. The van der Waals surface area contributed by atoms with E-state index in [1.165, 1.54) is 17.0 Å². The molecule has 1 fully saturated rings. The monoisotopic (exact) mass is 341 g/mol. The van der Waals surface area contributed by atoms with Crippen molar-refractivity contribution in [2.24, 2.45) is 5.41 Å². The van der Waals surface area contributed by atoms with E-state index in [4.69, 9.17) is 9.29 Å². The zero-order chi connectivity index (χ0) is 17.1. The maximum Gasteiger partial charge on any atom is 0.407 e. The first-order valence-corrected chi connectivity index (χ1v) is 9.07. The Balaban J connectivity index is 1.87. The van der Waals surface area contributed by atoms with Crippen molar-refractivity contribution in [1.82, 2.24) is 4.90 Å². The number of aryl methyl sites for hydroxylation is 1. The van der Waals surface area contributed by atoms with Crippen LogP contribution in [0.1, 0.15) is 31.7 Å². The topological polar surface area (TPSA) is 83.9 Å². The third-order valence-electron chi connectivity index (χ3n) is 4.49. The molecule has 1 aromatic rings. The van der Waals surface area contributed by atoms with Crippen LogP contribution in [0.4, 0.5) is 4.79 Å². The van der Waals surface area contributed by atoms with Gasteiger partial charge in [0, 0.05) is 13.1 Å². The van der Waals surface area contributed by atoms with Crippen LogP contribution in [0.25, 0.3) is 0 Å². The van der Waals surface area contributed by atoms with Crippen LogP contribution >= 0.6 is 0 Å². The Morgan fingerprint density at radius 3 is 2.35 bits per heavy atom. The predicted octanol–water partition coefficient (Wildman–Crippen LogP) is 2.87. The van der Waals surface area contributed by atoms with Crippen LogP contribution < -0.4 is 0 Å². The number of amides is 1. The number of benzene rings is 1. The number of nitrogens with zero attached hydrogens (tertiary/aromatic N) is 1. The Kier molecular flexibility index (Phi) is 5.31. The van der Waals surface area contributed by atoms with Crippen LogP contribution in [0.2, 0.25) is 0 Å². The standard InChI is InChI=1S/C16H23NO5S/c1-13-3-5-14(6-4-13)23(20,21)22-12-9-16(2)7-10-17(11-8-16)15(18)19/h3-6H,7-12H2,1-2H3,(H,18,19). The lowest BCUT2D eigenvalue weighted by atomic mass is 9.78. The normalized spacial score (nSPS) is 17.9. The molecule has 1 amide bonds. The quantitative estimate of drug-likeness (QED) is 0.833. The fraction of sp³-hybridized carbons (Fsp3) is 0.562. The minimum Gasteiger partial charge on any atom is -0.465 e. The van der Waals surface area contributed by atoms with Crippen molar-refractivity contribution in [2.45, 2.75) is 38.0 Å². The number of likely N-dealkylation sites (tertiary alicyclic amines) is 1. The van der Waals surface area contributed by atoms with Crippen molar-refractivity contribution >= 4 is 16.2 Å². The van der Waals surface area contributed by atoms with E-state index in [1.54, 1.807) is 12.1 Å². The fourth-order valence-corrected chi connectivity index (χ4v) is 3.57. The molecule has 7 heteroatoms. The fourth-order valence-electron chi connectivity index (χ4n) is 2.66. The highest BCUT2D eigenvalue weighted by Crippen LogP contribution is 2.34. The second-order valence-corrected chi connectivity index (χ2v) is 8.03. The van der Waals surface area contributed by atoms with Crippen LogP contribution in [0.3, 0.4) is 0 Å². The van der Waals surface area contributed by atoms with Gasteiger partial charge in [0.25, 0.3) is 10.1 Å². The molecule has 0 radical (unpaired) electrons. The second-order valence-electron chi connectivity index (χ2n) is 6.42. The number of rotatable bonds is 5. The third kappa shape index (κ3) is 4.68. The van der Waals surface area contributed by atoms with Crippen LogP contribution in [0.15, 0.2) is 29.2 Å². The summed E-state index contributed by atoms with van der Waals surface area (Å²) in [6, 6.07) is 6.55. The van der Waals surface area contributed by atoms with Gasteiger partial charge in [-0.25, -0.2) is 4.79 Å². The predicted molar refractivity (Wildman–Crippen MR) is 85.9 cm³/mol. The average Bonchev–Trinajstić information content (AvgIpc) is 2.47. The van der Waals surface area contributed by atoms with Gasteiger partial charge in [-0.3, -0.25) is 4.18 Å². The number of carboxylic acid groups (broad SMARTS) is 1. The molecule has 1 saturated heterocycles. The summed E-state index contributed by atoms with van der Waals surface area (Å²) in [5, 5.41) is 8.96. The molecule has 1 heterocycles. The van der Waals surface area contributed by atoms with Gasteiger partial charge in [0.05, 0.1) is 11.5 Å². The average molecular weight is 341 g/mol. The first-order valence-electron chi connectivity index (χ1n) is 7.66. The molecule has 1 aliphatic rings.